The Labute approximate surface area is 105 Å². The van der Waals surface area contributed by atoms with E-state index in [1.807, 2.05) is 6.07 Å². The van der Waals surface area contributed by atoms with Crippen LogP contribution in [0.3, 0.4) is 0 Å². The van der Waals surface area contributed by atoms with E-state index in [0.717, 1.165) is 17.6 Å². The molecular weight excluding hydrogens is 210 g/mol. The first-order valence-corrected chi connectivity index (χ1v) is 6.96. The standard InChI is InChI=1S/C15H25NO/c1-11(2)13-6-4-7-14(10-13)16-12(3)15-8-5-9-17-15/h5,8-9,11-14,16H,4,6-7,10H2,1-3H3/t12-,13?,14?/m1/s1. The molecule has 2 nitrogen and oxygen atoms in total. The van der Waals surface area contributed by atoms with Crippen molar-refractivity contribution in [3.8, 4) is 0 Å². The van der Waals surface area contributed by atoms with Gasteiger partial charge in [-0.05, 0) is 43.7 Å². The summed E-state index contributed by atoms with van der Waals surface area (Å²) in [6.07, 6.45) is 7.17. The van der Waals surface area contributed by atoms with Crippen molar-refractivity contribution in [2.24, 2.45) is 11.8 Å². The molecule has 1 aromatic heterocycles. The van der Waals surface area contributed by atoms with Crippen molar-refractivity contribution in [2.45, 2.75) is 58.5 Å². The average molecular weight is 235 g/mol. The summed E-state index contributed by atoms with van der Waals surface area (Å²) in [7, 11) is 0. The lowest BCUT2D eigenvalue weighted by molar-refractivity contribution is 0.218. The third-order valence-electron chi connectivity index (χ3n) is 4.11. The fourth-order valence-corrected chi connectivity index (χ4v) is 2.96. The molecule has 1 aliphatic carbocycles. The molecule has 0 aliphatic heterocycles. The second kappa shape index (κ2) is 5.72. The van der Waals surface area contributed by atoms with E-state index >= 15 is 0 Å². The fraction of sp³-hybridized carbons (Fsp3) is 0.733. The quantitative estimate of drug-likeness (QED) is 0.848. The van der Waals surface area contributed by atoms with E-state index in [0.29, 0.717) is 12.1 Å². The van der Waals surface area contributed by atoms with E-state index < -0.39 is 0 Å². The Hall–Kier alpha value is -0.760. The average Bonchev–Trinajstić information content (AvgIpc) is 2.82. The zero-order valence-electron chi connectivity index (χ0n) is 11.3. The van der Waals surface area contributed by atoms with Crippen molar-refractivity contribution < 1.29 is 4.42 Å². The Morgan fingerprint density at radius 1 is 1.29 bits per heavy atom. The Morgan fingerprint density at radius 3 is 2.76 bits per heavy atom. The summed E-state index contributed by atoms with van der Waals surface area (Å²) in [5, 5.41) is 3.71. The summed E-state index contributed by atoms with van der Waals surface area (Å²) in [5.74, 6) is 2.76. The van der Waals surface area contributed by atoms with Crippen LogP contribution in [0.2, 0.25) is 0 Å². The van der Waals surface area contributed by atoms with Crippen LogP contribution in [0.4, 0.5) is 0 Å². The largest absolute Gasteiger partial charge is 0.468 e. The number of hydrogen-bond donors (Lipinski definition) is 1. The van der Waals surface area contributed by atoms with Crippen LogP contribution in [0, 0.1) is 11.8 Å². The molecule has 2 heteroatoms. The zero-order chi connectivity index (χ0) is 12.3. The molecule has 2 unspecified atom stereocenters. The van der Waals surface area contributed by atoms with E-state index in [2.05, 4.69) is 32.2 Å². The summed E-state index contributed by atoms with van der Waals surface area (Å²) >= 11 is 0. The number of hydrogen-bond acceptors (Lipinski definition) is 2. The van der Waals surface area contributed by atoms with Gasteiger partial charge in [0.05, 0.1) is 12.3 Å². The third-order valence-corrected chi connectivity index (χ3v) is 4.11. The molecule has 0 amide bonds. The van der Waals surface area contributed by atoms with Crippen LogP contribution in [-0.4, -0.2) is 6.04 Å². The smallest absolute Gasteiger partial charge is 0.120 e. The lowest BCUT2D eigenvalue weighted by Gasteiger charge is -2.33. The summed E-state index contributed by atoms with van der Waals surface area (Å²) < 4.78 is 5.45. The fourth-order valence-electron chi connectivity index (χ4n) is 2.96. The molecule has 1 fully saturated rings. The van der Waals surface area contributed by atoms with Crippen LogP contribution in [0.1, 0.15) is 58.3 Å². The summed E-state index contributed by atoms with van der Waals surface area (Å²) in [5.41, 5.74) is 0. The minimum Gasteiger partial charge on any atom is -0.468 e. The maximum absolute atomic E-state index is 5.45. The predicted molar refractivity (Wildman–Crippen MR) is 70.8 cm³/mol. The molecular formula is C15H25NO. The van der Waals surface area contributed by atoms with Crippen LogP contribution < -0.4 is 5.32 Å². The highest BCUT2D eigenvalue weighted by Gasteiger charge is 2.25. The van der Waals surface area contributed by atoms with Gasteiger partial charge in [-0.25, -0.2) is 0 Å². The van der Waals surface area contributed by atoms with Crippen molar-refractivity contribution in [1.29, 1.82) is 0 Å². The molecule has 0 aromatic carbocycles. The normalized spacial score (nSPS) is 27.3. The topological polar surface area (TPSA) is 25.2 Å². The first-order valence-electron chi connectivity index (χ1n) is 6.96. The maximum Gasteiger partial charge on any atom is 0.120 e. The molecule has 1 N–H and O–H groups in total. The molecule has 3 atom stereocenters. The Morgan fingerprint density at radius 2 is 2.12 bits per heavy atom. The SMILES string of the molecule is CC(C)C1CCCC(N[C@H](C)c2ccco2)C1. The minimum absolute atomic E-state index is 0.334. The zero-order valence-corrected chi connectivity index (χ0v) is 11.3. The van der Waals surface area contributed by atoms with Crippen molar-refractivity contribution >= 4 is 0 Å². The summed E-state index contributed by atoms with van der Waals surface area (Å²) in [6.45, 7) is 6.89. The summed E-state index contributed by atoms with van der Waals surface area (Å²) in [4.78, 5) is 0. The molecule has 0 saturated heterocycles. The molecule has 96 valence electrons. The molecule has 0 bridgehead atoms. The highest BCUT2D eigenvalue weighted by atomic mass is 16.3. The summed E-state index contributed by atoms with van der Waals surface area (Å²) in [6, 6.07) is 5.02. The Bertz CT molecular complexity index is 318. The van der Waals surface area contributed by atoms with Crippen LogP contribution >= 0.6 is 0 Å². The van der Waals surface area contributed by atoms with Crippen molar-refractivity contribution in [2.75, 3.05) is 0 Å². The van der Waals surface area contributed by atoms with Gasteiger partial charge in [-0.2, -0.15) is 0 Å². The minimum atomic E-state index is 0.334. The van der Waals surface area contributed by atoms with Gasteiger partial charge in [-0.15, -0.1) is 0 Å². The van der Waals surface area contributed by atoms with Gasteiger partial charge in [-0.3, -0.25) is 0 Å². The van der Waals surface area contributed by atoms with Crippen LogP contribution in [0.5, 0.6) is 0 Å². The van der Waals surface area contributed by atoms with Gasteiger partial charge in [0.2, 0.25) is 0 Å². The van der Waals surface area contributed by atoms with E-state index in [4.69, 9.17) is 4.42 Å². The molecule has 1 heterocycles. The van der Waals surface area contributed by atoms with E-state index in [1.165, 1.54) is 25.7 Å². The molecule has 1 saturated carbocycles. The maximum atomic E-state index is 5.45. The molecule has 0 radical (unpaired) electrons. The second-order valence-electron chi connectivity index (χ2n) is 5.77. The van der Waals surface area contributed by atoms with Gasteiger partial charge in [-0.1, -0.05) is 26.7 Å². The van der Waals surface area contributed by atoms with Gasteiger partial charge in [0.1, 0.15) is 5.76 Å². The van der Waals surface area contributed by atoms with E-state index in [9.17, 15) is 0 Å². The van der Waals surface area contributed by atoms with Crippen LogP contribution in [0.25, 0.3) is 0 Å². The molecule has 2 rings (SSSR count). The van der Waals surface area contributed by atoms with Gasteiger partial charge in [0, 0.05) is 6.04 Å². The monoisotopic (exact) mass is 235 g/mol. The highest BCUT2D eigenvalue weighted by Crippen LogP contribution is 2.31. The van der Waals surface area contributed by atoms with Crippen molar-refractivity contribution in [3.63, 3.8) is 0 Å². The van der Waals surface area contributed by atoms with Gasteiger partial charge >= 0.3 is 0 Å². The highest BCUT2D eigenvalue weighted by molar-refractivity contribution is 5.03. The van der Waals surface area contributed by atoms with E-state index in [1.54, 1.807) is 6.26 Å². The molecule has 1 aliphatic rings. The van der Waals surface area contributed by atoms with Gasteiger partial charge in [0.25, 0.3) is 0 Å². The Balaban J connectivity index is 1.86. The van der Waals surface area contributed by atoms with Crippen LogP contribution in [0.15, 0.2) is 22.8 Å². The molecule has 0 spiro atoms. The number of furan rings is 1. The van der Waals surface area contributed by atoms with Gasteiger partial charge in [0.15, 0.2) is 0 Å². The first-order chi connectivity index (χ1) is 8.16. The lowest BCUT2D eigenvalue weighted by Crippen LogP contribution is -2.36. The Kier molecular flexibility index (Phi) is 4.27. The third kappa shape index (κ3) is 3.35. The number of rotatable bonds is 4. The first kappa shape index (κ1) is 12.7. The lowest BCUT2D eigenvalue weighted by atomic mass is 9.79. The van der Waals surface area contributed by atoms with E-state index in [-0.39, 0.29) is 0 Å². The van der Waals surface area contributed by atoms with Crippen molar-refractivity contribution in [1.82, 2.24) is 5.32 Å². The number of nitrogens with one attached hydrogen (secondary N) is 1. The van der Waals surface area contributed by atoms with Gasteiger partial charge < -0.3 is 9.73 Å². The second-order valence-corrected chi connectivity index (χ2v) is 5.77. The predicted octanol–water partition coefficient (Wildman–Crippen LogP) is 4.15. The molecule has 17 heavy (non-hydrogen) atoms. The molecule has 1 aromatic rings. The van der Waals surface area contributed by atoms with Crippen molar-refractivity contribution in [3.05, 3.63) is 24.2 Å². The van der Waals surface area contributed by atoms with Crippen LogP contribution in [-0.2, 0) is 0 Å².